The molecule has 98 valence electrons. The molecule has 0 aliphatic heterocycles. The van der Waals surface area contributed by atoms with E-state index < -0.39 is 0 Å². The molecule has 1 amide bonds. The third kappa shape index (κ3) is 2.96. The zero-order chi connectivity index (χ0) is 13.1. The first-order valence-corrected chi connectivity index (χ1v) is 6.72. The van der Waals surface area contributed by atoms with Gasteiger partial charge in [-0.05, 0) is 36.5 Å². The summed E-state index contributed by atoms with van der Waals surface area (Å²) in [4.78, 5) is 11.9. The fourth-order valence-electron chi connectivity index (χ4n) is 2.54. The summed E-state index contributed by atoms with van der Waals surface area (Å²) in [7, 11) is 0. The number of phenols is 1. The SMILES string of the molecule is CC1CCCC1CNC(=O)c1ccc(Cl)cc1O. The van der Waals surface area contributed by atoms with E-state index >= 15 is 0 Å². The van der Waals surface area contributed by atoms with Gasteiger partial charge in [-0.2, -0.15) is 0 Å². The number of halogens is 1. The van der Waals surface area contributed by atoms with Gasteiger partial charge in [0.1, 0.15) is 5.75 Å². The molecule has 18 heavy (non-hydrogen) atoms. The van der Waals surface area contributed by atoms with E-state index in [1.165, 1.54) is 25.3 Å². The van der Waals surface area contributed by atoms with Gasteiger partial charge >= 0.3 is 0 Å². The maximum atomic E-state index is 11.9. The highest BCUT2D eigenvalue weighted by Crippen LogP contribution is 2.30. The molecule has 4 heteroatoms. The highest BCUT2D eigenvalue weighted by atomic mass is 35.5. The van der Waals surface area contributed by atoms with Crippen molar-refractivity contribution in [3.05, 3.63) is 28.8 Å². The summed E-state index contributed by atoms with van der Waals surface area (Å²) in [6, 6.07) is 4.54. The second kappa shape index (κ2) is 5.61. The average molecular weight is 268 g/mol. The van der Waals surface area contributed by atoms with Gasteiger partial charge < -0.3 is 10.4 Å². The van der Waals surface area contributed by atoms with Crippen molar-refractivity contribution in [1.29, 1.82) is 0 Å². The van der Waals surface area contributed by atoms with Crippen molar-refractivity contribution in [2.24, 2.45) is 11.8 Å². The van der Waals surface area contributed by atoms with Crippen LogP contribution in [0.5, 0.6) is 5.75 Å². The monoisotopic (exact) mass is 267 g/mol. The summed E-state index contributed by atoms with van der Waals surface area (Å²) in [5, 5.41) is 13.0. The van der Waals surface area contributed by atoms with E-state index in [-0.39, 0.29) is 17.2 Å². The molecule has 0 heterocycles. The Hall–Kier alpha value is -1.22. The van der Waals surface area contributed by atoms with Crippen LogP contribution in [0, 0.1) is 11.8 Å². The molecular weight excluding hydrogens is 250 g/mol. The Morgan fingerprint density at radius 2 is 2.28 bits per heavy atom. The van der Waals surface area contributed by atoms with Crippen LogP contribution in [-0.2, 0) is 0 Å². The number of aromatic hydroxyl groups is 1. The van der Waals surface area contributed by atoms with E-state index in [9.17, 15) is 9.90 Å². The molecule has 1 aliphatic carbocycles. The lowest BCUT2D eigenvalue weighted by atomic mass is 9.98. The maximum Gasteiger partial charge on any atom is 0.255 e. The second-order valence-corrected chi connectivity index (χ2v) is 5.48. The van der Waals surface area contributed by atoms with Gasteiger partial charge in [0, 0.05) is 11.6 Å². The molecule has 0 saturated heterocycles. The van der Waals surface area contributed by atoms with Crippen molar-refractivity contribution in [3.63, 3.8) is 0 Å². The Labute approximate surface area is 112 Å². The first-order chi connectivity index (χ1) is 8.58. The van der Waals surface area contributed by atoms with Gasteiger partial charge in [0.25, 0.3) is 5.91 Å². The largest absolute Gasteiger partial charge is 0.507 e. The van der Waals surface area contributed by atoms with E-state index in [4.69, 9.17) is 11.6 Å². The molecule has 0 bridgehead atoms. The van der Waals surface area contributed by atoms with Crippen LogP contribution in [0.4, 0.5) is 0 Å². The molecule has 0 radical (unpaired) electrons. The third-order valence-electron chi connectivity index (χ3n) is 3.77. The quantitative estimate of drug-likeness (QED) is 0.883. The molecule has 0 spiro atoms. The van der Waals surface area contributed by atoms with Gasteiger partial charge in [-0.3, -0.25) is 4.79 Å². The van der Waals surface area contributed by atoms with Crippen molar-refractivity contribution < 1.29 is 9.90 Å². The van der Waals surface area contributed by atoms with Crippen LogP contribution in [-0.4, -0.2) is 17.6 Å². The van der Waals surface area contributed by atoms with Crippen LogP contribution < -0.4 is 5.32 Å². The van der Waals surface area contributed by atoms with Crippen LogP contribution in [0.1, 0.15) is 36.5 Å². The maximum absolute atomic E-state index is 11.9. The molecule has 2 rings (SSSR count). The van der Waals surface area contributed by atoms with Gasteiger partial charge in [0.05, 0.1) is 5.56 Å². The Bertz CT molecular complexity index is 447. The van der Waals surface area contributed by atoms with Crippen molar-refractivity contribution >= 4 is 17.5 Å². The van der Waals surface area contributed by atoms with E-state index in [1.54, 1.807) is 12.1 Å². The van der Waals surface area contributed by atoms with Crippen molar-refractivity contribution in [1.82, 2.24) is 5.32 Å². The Morgan fingerprint density at radius 1 is 1.50 bits per heavy atom. The van der Waals surface area contributed by atoms with Gasteiger partial charge in [0.2, 0.25) is 0 Å². The van der Waals surface area contributed by atoms with Crippen molar-refractivity contribution in [3.8, 4) is 5.75 Å². The highest BCUT2D eigenvalue weighted by Gasteiger charge is 2.24. The van der Waals surface area contributed by atoms with Crippen LogP contribution in [0.25, 0.3) is 0 Å². The topological polar surface area (TPSA) is 49.3 Å². The van der Waals surface area contributed by atoms with Gasteiger partial charge in [-0.25, -0.2) is 0 Å². The minimum Gasteiger partial charge on any atom is -0.507 e. The zero-order valence-electron chi connectivity index (χ0n) is 10.4. The number of carbonyl (C=O) groups is 1. The first-order valence-electron chi connectivity index (χ1n) is 6.34. The average Bonchev–Trinajstić information content (AvgIpc) is 2.72. The summed E-state index contributed by atoms with van der Waals surface area (Å²) in [6.07, 6.45) is 3.66. The number of amides is 1. The van der Waals surface area contributed by atoms with Crippen LogP contribution in [0.15, 0.2) is 18.2 Å². The summed E-state index contributed by atoms with van der Waals surface area (Å²) >= 11 is 5.73. The fourth-order valence-corrected chi connectivity index (χ4v) is 2.71. The van der Waals surface area contributed by atoms with E-state index in [0.29, 0.717) is 23.4 Å². The smallest absolute Gasteiger partial charge is 0.255 e. The lowest BCUT2D eigenvalue weighted by Crippen LogP contribution is -2.30. The van der Waals surface area contributed by atoms with Gasteiger partial charge in [0.15, 0.2) is 0 Å². The number of carbonyl (C=O) groups excluding carboxylic acids is 1. The molecule has 1 aliphatic rings. The summed E-state index contributed by atoms with van der Waals surface area (Å²) < 4.78 is 0. The third-order valence-corrected chi connectivity index (χ3v) is 4.00. The number of rotatable bonds is 3. The van der Waals surface area contributed by atoms with Gasteiger partial charge in [-0.1, -0.05) is 31.4 Å². The molecular formula is C14H18ClNO2. The van der Waals surface area contributed by atoms with E-state index in [1.807, 2.05) is 0 Å². The van der Waals surface area contributed by atoms with Crippen LogP contribution >= 0.6 is 11.6 Å². The molecule has 1 saturated carbocycles. The van der Waals surface area contributed by atoms with E-state index in [2.05, 4.69) is 12.2 Å². The fraction of sp³-hybridized carbons (Fsp3) is 0.500. The molecule has 2 atom stereocenters. The lowest BCUT2D eigenvalue weighted by molar-refractivity contribution is 0.0942. The Balaban J connectivity index is 1.95. The zero-order valence-corrected chi connectivity index (χ0v) is 11.2. The number of hydrogen-bond donors (Lipinski definition) is 2. The second-order valence-electron chi connectivity index (χ2n) is 5.04. The lowest BCUT2D eigenvalue weighted by Gasteiger charge is -2.16. The predicted molar refractivity (Wildman–Crippen MR) is 72.0 cm³/mol. The van der Waals surface area contributed by atoms with Crippen LogP contribution in [0.3, 0.4) is 0 Å². The highest BCUT2D eigenvalue weighted by molar-refractivity contribution is 6.30. The number of phenolic OH excluding ortho intramolecular Hbond substituents is 1. The Morgan fingerprint density at radius 3 is 2.89 bits per heavy atom. The van der Waals surface area contributed by atoms with E-state index in [0.717, 1.165) is 0 Å². The minimum absolute atomic E-state index is 0.0699. The number of hydrogen-bond acceptors (Lipinski definition) is 2. The van der Waals surface area contributed by atoms with Crippen LogP contribution in [0.2, 0.25) is 5.02 Å². The summed E-state index contributed by atoms with van der Waals surface area (Å²) in [5.41, 5.74) is 0.282. The Kier molecular flexibility index (Phi) is 4.12. The summed E-state index contributed by atoms with van der Waals surface area (Å²) in [5.74, 6) is 0.926. The molecule has 3 nitrogen and oxygen atoms in total. The molecule has 1 aromatic rings. The molecule has 0 aromatic heterocycles. The van der Waals surface area contributed by atoms with Crippen molar-refractivity contribution in [2.75, 3.05) is 6.54 Å². The standard InChI is InChI=1S/C14H18ClNO2/c1-9-3-2-4-10(9)8-16-14(18)12-6-5-11(15)7-13(12)17/h5-7,9-10,17H,2-4,8H2,1H3,(H,16,18). The van der Waals surface area contributed by atoms with Gasteiger partial charge in [-0.15, -0.1) is 0 Å². The normalized spacial score (nSPS) is 23.0. The predicted octanol–water partition coefficient (Wildman–Crippen LogP) is 3.21. The summed E-state index contributed by atoms with van der Waals surface area (Å²) in [6.45, 7) is 2.91. The molecule has 1 aromatic carbocycles. The number of nitrogens with one attached hydrogen (secondary N) is 1. The van der Waals surface area contributed by atoms with Crippen molar-refractivity contribution in [2.45, 2.75) is 26.2 Å². The number of benzene rings is 1. The molecule has 2 N–H and O–H groups in total. The first kappa shape index (κ1) is 13.2. The molecule has 1 fully saturated rings. The molecule has 2 unspecified atom stereocenters. The minimum atomic E-state index is -0.233.